The van der Waals surface area contributed by atoms with Gasteiger partial charge in [-0.3, -0.25) is 4.79 Å². The number of carbonyl (C=O) groups is 2. The lowest BCUT2D eigenvalue weighted by Gasteiger charge is -2.18. The van der Waals surface area contributed by atoms with Crippen molar-refractivity contribution in [2.24, 2.45) is 0 Å². The minimum absolute atomic E-state index is 0.113. The number of carbonyl (C=O) groups excluding carboxylic acids is 2. The van der Waals surface area contributed by atoms with Crippen LogP contribution in [0.5, 0.6) is 11.5 Å². The molecule has 0 spiro atoms. The molecule has 3 aromatic carbocycles. The number of hydrogen-bond acceptors (Lipinski definition) is 5. The van der Waals surface area contributed by atoms with E-state index in [1.54, 1.807) is 24.3 Å². The predicted octanol–water partition coefficient (Wildman–Crippen LogP) is 4.43. The summed E-state index contributed by atoms with van der Waals surface area (Å²) in [4.78, 5) is 23.0. The number of rotatable bonds is 8. The fraction of sp³-hybridized carbons (Fsp3) is 0.217. The molecule has 0 aliphatic carbocycles. The van der Waals surface area contributed by atoms with Gasteiger partial charge in [0.15, 0.2) is 0 Å². The van der Waals surface area contributed by atoms with Gasteiger partial charge < -0.3 is 14.2 Å². The van der Waals surface area contributed by atoms with E-state index in [2.05, 4.69) is 16.9 Å². The average Bonchev–Trinajstić information content (AvgIpc) is 2.75. The summed E-state index contributed by atoms with van der Waals surface area (Å²) in [5.74, 6) is -0.168. The van der Waals surface area contributed by atoms with Crippen LogP contribution in [0, 0.1) is 0 Å². The molecule has 5 nitrogen and oxygen atoms in total. The first-order valence-electron chi connectivity index (χ1n) is 9.11. The smallest absolute Gasteiger partial charge is 0.379 e. The van der Waals surface area contributed by atoms with Gasteiger partial charge in [-0.15, -0.1) is 0 Å². The Kier molecular flexibility index (Phi) is 6.27. The molecule has 0 aromatic heterocycles. The van der Waals surface area contributed by atoms with Gasteiger partial charge in [-0.05, 0) is 53.6 Å². The van der Waals surface area contributed by atoms with Crippen molar-refractivity contribution in [3.63, 3.8) is 0 Å². The van der Waals surface area contributed by atoms with Gasteiger partial charge >= 0.3 is 5.97 Å². The second-order valence-corrected chi connectivity index (χ2v) is 6.31. The molecule has 0 bridgehead atoms. The first kappa shape index (κ1) is 19.4. The van der Waals surface area contributed by atoms with Crippen LogP contribution < -0.4 is 9.47 Å². The normalized spacial score (nSPS) is 11.6. The van der Waals surface area contributed by atoms with Crippen molar-refractivity contribution < 1.29 is 23.8 Å². The third-order valence-electron chi connectivity index (χ3n) is 4.40. The van der Waals surface area contributed by atoms with Crippen LogP contribution in [0.2, 0.25) is 0 Å². The SMILES string of the molecule is CCC(COc1ccc(C(=O)C(=O)OC)cc1)Oc1ccc2ccccc2c1. The van der Waals surface area contributed by atoms with Gasteiger partial charge in [-0.1, -0.05) is 37.3 Å². The van der Waals surface area contributed by atoms with Gasteiger partial charge in [0.25, 0.3) is 5.78 Å². The first-order valence-corrected chi connectivity index (χ1v) is 9.11. The maximum absolute atomic E-state index is 11.8. The van der Waals surface area contributed by atoms with Gasteiger partial charge in [0.1, 0.15) is 24.2 Å². The number of hydrogen-bond donors (Lipinski definition) is 0. The molecule has 1 atom stereocenters. The second-order valence-electron chi connectivity index (χ2n) is 6.31. The highest BCUT2D eigenvalue weighted by atomic mass is 16.5. The minimum atomic E-state index is -0.886. The molecule has 3 rings (SSSR count). The van der Waals surface area contributed by atoms with Crippen molar-refractivity contribution in [2.45, 2.75) is 19.4 Å². The topological polar surface area (TPSA) is 61.8 Å². The van der Waals surface area contributed by atoms with Crippen molar-refractivity contribution in [2.75, 3.05) is 13.7 Å². The molecule has 0 heterocycles. The van der Waals surface area contributed by atoms with Gasteiger partial charge in [0.2, 0.25) is 0 Å². The van der Waals surface area contributed by atoms with E-state index in [-0.39, 0.29) is 11.7 Å². The van der Waals surface area contributed by atoms with E-state index in [4.69, 9.17) is 9.47 Å². The predicted molar refractivity (Wildman–Crippen MR) is 107 cm³/mol. The largest absolute Gasteiger partial charge is 0.490 e. The fourth-order valence-electron chi connectivity index (χ4n) is 2.77. The van der Waals surface area contributed by atoms with Crippen LogP contribution in [0.3, 0.4) is 0 Å². The number of esters is 1. The van der Waals surface area contributed by atoms with Gasteiger partial charge in [0, 0.05) is 5.56 Å². The lowest BCUT2D eigenvalue weighted by Crippen LogP contribution is -2.24. The Morgan fingerprint density at radius 3 is 2.25 bits per heavy atom. The Hall–Kier alpha value is -3.34. The Bertz CT molecular complexity index is 962. The maximum atomic E-state index is 11.8. The molecule has 144 valence electrons. The summed E-state index contributed by atoms with van der Waals surface area (Å²) in [7, 11) is 1.18. The summed E-state index contributed by atoms with van der Waals surface area (Å²) in [5, 5.41) is 2.29. The van der Waals surface area contributed by atoms with E-state index in [1.165, 1.54) is 12.5 Å². The van der Waals surface area contributed by atoms with Crippen LogP contribution in [0.1, 0.15) is 23.7 Å². The number of benzene rings is 3. The molecular weight excluding hydrogens is 356 g/mol. The zero-order valence-electron chi connectivity index (χ0n) is 15.9. The molecule has 3 aromatic rings. The van der Waals surface area contributed by atoms with Crippen LogP contribution in [0.25, 0.3) is 10.8 Å². The van der Waals surface area contributed by atoms with E-state index in [0.29, 0.717) is 12.4 Å². The number of ketones is 1. The van der Waals surface area contributed by atoms with E-state index >= 15 is 0 Å². The van der Waals surface area contributed by atoms with Crippen LogP contribution in [-0.4, -0.2) is 31.6 Å². The van der Waals surface area contributed by atoms with Crippen molar-refractivity contribution in [3.8, 4) is 11.5 Å². The van der Waals surface area contributed by atoms with Crippen LogP contribution in [0.15, 0.2) is 66.7 Å². The Labute approximate surface area is 163 Å². The lowest BCUT2D eigenvalue weighted by atomic mass is 10.1. The van der Waals surface area contributed by atoms with Crippen LogP contribution >= 0.6 is 0 Å². The molecule has 0 amide bonds. The van der Waals surface area contributed by atoms with Gasteiger partial charge in [-0.25, -0.2) is 4.79 Å². The third-order valence-corrected chi connectivity index (χ3v) is 4.40. The summed E-state index contributed by atoms with van der Waals surface area (Å²) < 4.78 is 16.3. The summed E-state index contributed by atoms with van der Waals surface area (Å²) in [6.45, 7) is 2.40. The highest BCUT2D eigenvalue weighted by Crippen LogP contribution is 2.22. The monoisotopic (exact) mass is 378 g/mol. The fourth-order valence-corrected chi connectivity index (χ4v) is 2.77. The van der Waals surface area contributed by atoms with E-state index in [0.717, 1.165) is 17.6 Å². The molecule has 0 fully saturated rings. The minimum Gasteiger partial charge on any atom is -0.490 e. The second kappa shape index (κ2) is 9.04. The summed E-state index contributed by atoms with van der Waals surface area (Å²) >= 11 is 0. The van der Waals surface area contributed by atoms with E-state index < -0.39 is 11.8 Å². The molecule has 0 radical (unpaired) electrons. The molecule has 5 heteroatoms. The van der Waals surface area contributed by atoms with Crippen molar-refractivity contribution >= 4 is 22.5 Å². The first-order chi connectivity index (χ1) is 13.6. The Morgan fingerprint density at radius 1 is 0.893 bits per heavy atom. The Morgan fingerprint density at radius 2 is 1.57 bits per heavy atom. The molecule has 1 unspecified atom stereocenters. The van der Waals surface area contributed by atoms with Crippen LogP contribution in [0.4, 0.5) is 0 Å². The highest BCUT2D eigenvalue weighted by Gasteiger charge is 2.16. The average molecular weight is 378 g/mol. The molecular formula is C23H22O5. The maximum Gasteiger partial charge on any atom is 0.379 e. The van der Waals surface area contributed by atoms with Crippen molar-refractivity contribution in [1.29, 1.82) is 0 Å². The molecule has 0 saturated carbocycles. The summed E-state index contributed by atoms with van der Waals surface area (Å²) in [5.41, 5.74) is 0.263. The van der Waals surface area contributed by atoms with Gasteiger partial charge in [-0.2, -0.15) is 0 Å². The number of ether oxygens (including phenoxy) is 3. The Balaban J connectivity index is 1.60. The van der Waals surface area contributed by atoms with Gasteiger partial charge in [0.05, 0.1) is 7.11 Å². The zero-order valence-corrected chi connectivity index (χ0v) is 15.9. The third kappa shape index (κ3) is 4.68. The summed E-state index contributed by atoms with van der Waals surface area (Å²) in [6, 6.07) is 20.5. The van der Waals surface area contributed by atoms with Crippen LogP contribution in [-0.2, 0) is 9.53 Å². The molecule has 0 saturated heterocycles. The van der Waals surface area contributed by atoms with E-state index in [1.807, 2.05) is 37.3 Å². The standard InChI is InChI=1S/C23H22O5/c1-3-19(28-21-13-8-16-6-4-5-7-18(16)14-21)15-27-20-11-9-17(10-12-20)22(24)23(25)26-2/h4-14,19H,3,15H2,1-2H3. The number of methoxy groups -OCH3 is 1. The quantitative estimate of drug-likeness (QED) is 0.330. The molecule has 0 N–H and O–H groups in total. The molecule has 28 heavy (non-hydrogen) atoms. The summed E-state index contributed by atoms with van der Waals surface area (Å²) in [6.07, 6.45) is 0.670. The highest BCUT2D eigenvalue weighted by molar-refractivity contribution is 6.40. The zero-order chi connectivity index (χ0) is 19.9. The number of fused-ring (bicyclic) bond motifs is 1. The van der Waals surface area contributed by atoms with Crippen molar-refractivity contribution in [1.82, 2.24) is 0 Å². The van der Waals surface area contributed by atoms with Crippen molar-refractivity contribution in [3.05, 3.63) is 72.3 Å². The number of Topliss-reactive ketones (excluding diaryl/α,β-unsaturated/α-hetero) is 1. The molecule has 0 aliphatic rings. The van der Waals surface area contributed by atoms with E-state index in [9.17, 15) is 9.59 Å². The molecule has 0 aliphatic heterocycles. The lowest BCUT2D eigenvalue weighted by molar-refractivity contribution is -0.135.